The Balaban J connectivity index is 1.79. The van der Waals surface area contributed by atoms with Crippen molar-refractivity contribution >= 4 is 5.91 Å². The van der Waals surface area contributed by atoms with Crippen molar-refractivity contribution in [1.29, 1.82) is 0 Å². The topological polar surface area (TPSA) is 46.9 Å². The van der Waals surface area contributed by atoms with Crippen LogP contribution in [0.4, 0.5) is 0 Å². The highest BCUT2D eigenvalue weighted by molar-refractivity contribution is 5.93. The first-order chi connectivity index (χ1) is 12.8. The van der Waals surface area contributed by atoms with Crippen LogP contribution in [0.25, 0.3) is 11.3 Å². The van der Waals surface area contributed by atoms with Crippen LogP contribution in [0.1, 0.15) is 55.4 Å². The Morgan fingerprint density at radius 2 is 1.67 bits per heavy atom. The molecule has 4 nitrogen and oxygen atoms in total. The number of hydrogen-bond acceptors (Lipinski definition) is 2. The zero-order valence-electron chi connectivity index (χ0n) is 16.7. The Labute approximate surface area is 161 Å². The van der Waals surface area contributed by atoms with Gasteiger partial charge < -0.3 is 5.32 Å². The van der Waals surface area contributed by atoms with E-state index < -0.39 is 0 Å². The Hall–Kier alpha value is -2.88. The van der Waals surface area contributed by atoms with Gasteiger partial charge in [-0.25, -0.2) is 0 Å². The third kappa shape index (κ3) is 4.27. The molecule has 1 amide bonds. The van der Waals surface area contributed by atoms with Gasteiger partial charge >= 0.3 is 0 Å². The van der Waals surface area contributed by atoms with Crippen LogP contribution in [-0.4, -0.2) is 15.7 Å². The molecular weight excluding hydrogens is 334 g/mol. The number of hydrogen-bond donors (Lipinski definition) is 1. The molecule has 0 aliphatic rings. The lowest BCUT2D eigenvalue weighted by Crippen LogP contribution is -2.27. The summed E-state index contributed by atoms with van der Waals surface area (Å²) in [5, 5.41) is 7.43. The van der Waals surface area contributed by atoms with Crippen LogP contribution in [0, 0.1) is 0 Å². The maximum absolute atomic E-state index is 12.6. The van der Waals surface area contributed by atoms with E-state index in [4.69, 9.17) is 0 Å². The number of amides is 1. The van der Waals surface area contributed by atoms with E-state index in [1.54, 1.807) is 4.68 Å². The molecule has 1 unspecified atom stereocenters. The van der Waals surface area contributed by atoms with E-state index in [0.29, 0.717) is 5.69 Å². The van der Waals surface area contributed by atoms with Crippen LogP contribution in [0.2, 0.25) is 0 Å². The third-order valence-corrected chi connectivity index (χ3v) is 4.81. The molecule has 1 atom stereocenters. The summed E-state index contributed by atoms with van der Waals surface area (Å²) >= 11 is 0. The number of nitrogens with zero attached hydrogens (tertiary/aromatic N) is 2. The molecule has 1 heterocycles. The molecule has 0 fully saturated rings. The van der Waals surface area contributed by atoms with E-state index in [9.17, 15) is 4.79 Å². The van der Waals surface area contributed by atoms with Crippen LogP contribution in [-0.2, 0) is 12.5 Å². The Morgan fingerprint density at radius 1 is 1.04 bits per heavy atom. The molecule has 0 bridgehead atoms. The number of rotatable bonds is 4. The monoisotopic (exact) mass is 361 g/mol. The first-order valence-corrected chi connectivity index (χ1v) is 9.26. The summed E-state index contributed by atoms with van der Waals surface area (Å²) in [6.07, 6.45) is 0. The van der Waals surface area contributed by atoms with Gasteiger partial charge in [0.25, 0.3) is 5.91 Å². The number of benzene rings is 2. The van der Waals surface area contributed by atoms with Gasteiger partial charge in [0, 0.05) is 7.05 Å². The van der Waals surface area contributed by atoms with Gasteiger partial charge in [-0.15, -0.1) is 0 Å². The molecule has 3 aromatic rings. The molecule has 3 rings (SSSR count). The van der Waals surface area contributed by atoms with E-state index >= 15 is 0 Å². The number of carbonyl (C=O) groups excluding carboxylic acids is 1. The van der Waals surface area contributed by atoms with Gasteiger partial charge in [0.05, 0.1) is 11.7 Å². The molecule has 0 aliphatic carbocycles. The highest BCUT2D eigenvalue weighted by Gasteiger charge is 2.18. The van der Waals surface area contributed by atoms with Crippen molar-refractivity contribution in [3.8, 4) is 11.3 Å². The molecule has 0 radical (unpaired) electrons. The van der Waals surface area contributed by atoms with E-state index in [-0.39, 0.29) is 17.4 Å². The van der Waals surface area contributed by atoms with E-state index in [0.717, 1.165) is 16.8 Å². The maximum atomic E-state index is 12.6. The molecule has 0 saturated carbocycles. The van der Waals surface area contributed by atoms with Crippen molar-refractivity contribution in [1.82, 2.24) is 15.1 Å². The van der Waals surface area contributed by atoms with Gasteiger partial charge in [-0.3, -0.25) is 9.48 Å². The molecule has 0 aliphatic heterocycles. The van der Waals surface area contributed by atoms with Crippen molar-refractivity contribution in [2.75, 3.05) is 0 Å². The molecule has 27 heavy (non-hydrogen) atoms. The summed E-state index contributed by atoms with van der Waals surface area (Å²) < 4.78 is 1.76. The van der Waals surface area contributed by atoms with Crippen LogP contribution in [0.5, 0.6) is 0 Å². The minimum Gasteiger partial charge on any atom is -0.344 e. The highest BCUT2D eigenvalue weighted by Crippen LogP contribution is 2.26. The molecular formula is C23H27N3O. The molecule has 0 saturated heterocycles. The summed E-state index contributed by atoms with van der Waals surface area (Å²) in [5.41, 5.74) is 4.86. The predicted octanol–water partition coefficient (Wildman–Crippen LogP) is 4.88. The Bertz CT molecular complexity index is 919. The lowest BCUT2D eigenvalue weighted by atomic mass is 9.86. The Morgan fingerprint density at radius 3 is 2.26 bits per heavy atom. The summed E-state index contributed by atoms with van der Waals surface area (Å²) in [6.45, 7) is 8.57. The van der Waals surface area contributed by atoms with Crippen LogP contribution in [0.15, 0.2) is 60.7 Å². The number of aryl methyl sites for hydroxylation is 1. The lowest BCUT2D eigenvalue weighted by molar-refractivity contribution is 0.0934. The van der Waals surface area contributed by atoms with Gasteiger partial charge in [0.2, 0.25) is 0 Å². The first-order valence-electron chi connectivity index (χ1n) is 9.26. The fraction of sp³-hybridized carbons (Fsp3) is 0.304. The Kier molecular flexibility index (Phi) is 5.17. The average molecular weight is 361 g/mol. The van der Waals surface area contributed by atoms with Gasteiger partial charge in [0.1, 0.15) is 0 Å². The second-order valence-electron chi connectivity index (χ2n) is 7.97. The molecule has 0 spiro atoms. The quantitative estimate of drug-likeness (QED) is 0.720. The maximum Gasteiger partial charge on any atom is 0.272 e. The van der Waals surface area contributed by atoms with Crippen molar-refractivity contribution in [3.63, 3.8) is 0 Å². The zero-order chi connectivity index (χ0) is 19.6. The largest absolute Gasteiger partial charge is 0.344 e. The predicted molar refractivity (Wildman–Crippen MR) is 110 cm³/mol. The smallest absolute Gasteiger partial charge is 0.272 e. The van der Waals surface area contributed by atoms with Gasteiger partial charge in [0.15, 0.2) is 5.69 Å². The fourth-order valence-electron chi connectivity index (χ4n) is 3.09. The second-order valence-corrected chi connectivity index (χ2v) is 7.97. The molecule has 140 valence electrons. The molecule has 1 aromatic heterocycles. The standard InChI is InChI=1S/C23H27N3O/c1-16(17-9-7-6-8-10-17)24-22(27)20-15-21(26(5)25-20)18-11-13-19(14-12-18)23(2,3)4/h6-16H,1-5H3,(H,24,27). The SMILES string of the molecule is CC(NC(=O)c1cc(-c2ccc(C(C)(C)C)cc2)n(C)n1)c1ccccc1. The second kappa shape index (κ2) is 7.39. The average Bonchev–Trinajstić information content (AvgIpc) is 3.03. The number of aromatic nitrogens is 2. The minimum atomic E-state index is -0.167. The van der Waals surface area contributed by atoms with Gasteiger partial charge in [-0.05, 0) is 35.1 Å². The van der Waals surface area contributed by atoms with E-state index in [2.05, 4.69) is 55.5 Å². The highest BCUT2D eigenvalue weighted by atomic mass is 16.2. The zero-order valence-corrected chi connectivity index (χ0v) is 16.7. The van der Waals surface area contributed by atoms with Crippen LogP contribution in [0.3, 0.4) is 0 Å². The molecule has 2 aromatic carbocycles. The van der Waals surface area contributed by atoms with Gasteiger partial charge in [-0.2, -0.15) is 5.10 Å². The van der Waals surface area contributed by atoms with Gasteiger partial charge in [-0.1, -0.05) is 75.4 Å². The minimum absolute atomic E-state index is 0.0739. The van der Waals surface area contributed by atoms with Crippen molar-refractivity contribution in [3.05, 3.63) is 77.5 Å². The number of carbonyl (C=O) groups is 1. The number of nitrogens with one attached hydrogen (secondary N) is 1. The first kappa shape index (κ1) is 18.9. The molecule has 4 heteroatoms. The summed E-state index contributed by atoms with van der Waals surface area (Å²) in [4.78, 5) is 12.6. The molecule has 1 N–H and O–H groups in total. The van der Waals surface area contributed by atoms with E-state index in [1.165, 1.54) is 5.56 Å². The third-order valence-electron chi connectivity index (χ3n) is 4.81. The van der Waals surface area contributed by atoms with Crippen LogP contribution < -0.4 is 5.32 Å². The van der Waals surface area contributed by atoms with Crippen molar-refractivity contribution < 1.29 is 4.79 Å². The summed E-state index contributed by atoms with van der Waals surface area (Å²) in [6, 6.07) is 20.1. The normalized spacial score (nSPS) is 12.6. The lowest BCUT2D eigenvalue weighted by Gasteiger charge is -2.19. The van der Waals surface area contributed by atoms with E-state index in [1.807, 2.05) is 50.4 Å². The fourth-order valence-corrected chi connectivity index (χ4v) is 3.09. The van der Waals surface area contributed by atoms with Crippen LogP contribution >= 0.6 is 0 Å². The van der Waals surface area contributed by atoms with Crippen molar-refractivity contribution in [2.45, 2.75) is 39.2 Å². The van der Waals surface area contributed by atoms with Crippen molar-refractivity contribution in [2.24, 2.45) is 7.05 Å². The summed E-state index contributed by atoms with van der Waals surface area (Å²) in [7, 11) is 1.87. The summed E-state index contributed by atoms with van der Waals surface area (Å²) in [5.74, 6) is -0.167.